The second-order valence-corrected chi connectivity index (χ2v) is 3.11. The first kappa shape index (κ1) is 11.6. The average molecular weight is 230 g/mol. The summed E-state index contributed by atoms with van der Waals surface area (Å²) in [6.45, 7) is 2.78. The Hall–Kier alpha value is -1.43. The van der Waals surface area contributed by atoms with Crippen molar-refractivity contribution in [2.75, 3.05) is 25.0 Å². The van der Waals surface area contributed by atoms with E-state index < -0.39 is 0 Å². The summed E-state index contributed by atoms with van der Waals surface area (Å²) >= 11 is 5.60. The first-order valence-corrected chi connectivity index (χ1v) is 4.86. The highest BCUT2D eigenvalue weighted by Crippen LogP contribution is 2.09. The second-order valence-electron chi connectivity index (χ2n) is 2.77. The zero-order valence-corrected chi connectivity index (χ0v) is 9.32. The highest BCUT2D eigenvalue weighted by molar-refractivity contribution is 6.28. The van der Waals surface area contributed by atoms with Gasteiger partial charge in [0, 0.05) is 13.6 Å². The highest BCUT2D eigenvalue weighted by Gasteiger charge is 2.10. The number of nitrogens with zero attached hydrogens (tertiary/aromatic N) is 4. The van der Waals surface area contributed by atoms with Crippen LogP contribution in [0.4, 0.5) is 5.82 Å². The van der Waals surface area contributed by atoms with Crippen molar-refractivity contribution in [3.05, 3.63) is 11.5 Å². The van der Waals surface area contributed by atoms with Gasteiger partial charge in [0.25, 0.3) is 0 Å². The molecule has 0 aliphatic carbocycles. The molecule has 0 atom stereocenters. The van der Waals surface area contributed by atoms with Gasteiger partial charge in [-0.05, 0) is 18.5 Å². The molecule has 1 aromatic rings. The van der Waals surface area contributed by atoms with Crippen LogP contribution >= 0.6 is 11.6 Å². The molecule has 82 valence electrons. The second kappa shape index (κ2) is 5.45. The van der Waals surface area contributed by atoms with Gasteiger partial charge in [-0.2, -0.15) is 10.1 Å². The topological polar surface area (TPSA) is 71.0 Å². The normalized spacial score (nSPS) is 9.80. The maximum absolute atomic E-state index is 11.2. The molecule has 0 saturated carbocycles. The Balaban J connectivity index is 2.78. The van der Waals surface area contributed by atoms with Crippen molar-refractivity contribution in [3.8, 4) is 0 Å². The lowest BCUT2D eigenvalue weighted by Gasteiger charge is -2.19. The fraction of sp³-hybridized carbons (Fsp3) is 0.500. The molecular formula is C8H12ClN5O. The Labute approximate surface area is 92.7 Å². The van der Waals surface area contributed by atoms with Gasteiger partial charge < -0.3 is 10.2 Å². The third kappa shape index (κ3) is 3.32. The fourth-order valence-corrected chi connectivity index (χ4v) is 1.16. The summed E-state index contributed by atoms with van der Waals surface area (Å²) in [7, 11) is 1.58. The van der Waals surface area contributed by atoms with Crippen molar-refractivity contribution in [3.63, 3.8) is 0 Å². The molecule has 1 rings (SSSR count). The first-order chi connectivity index (χ1) is 7.17. The maximum atomic E-state index is 11.2. The number of carbonyl (C=O) groups excluding carboxylic acids is 1. The summed E-state index contributed by atoms with van der Waals surface area (Å²) in [4.78, 5) is 16.9. The van der Waals surface area contributed by atoms with Gasteiger partial charge in [-0.1, -0.05) is 0 Å². The maximum Gasteiger partial charge on any atom is 0.244 e. The minimum absolute atomic E-state index is 0.0721. The molecule has 15 heavy (non-hydrogen) atoms. The Bertz CT molecular complexity index is 346. The molecule has 0 spiro atoms. The van der Waals surface area contributed by atoms with E-state index in [0.29, 0.717) is 12.4 Å². The number of carbonyl (C=O) groups is 1. The molecule has 0 aromatic carbocycles. The van der Waals surface area contributed by atoms with E-state index in [0.717, 1.165) is 0 Å². The zero-order valence-electron chi connectivity index (χ0n) is 8.57. The molecule has 1 aromatic heterocycles. The predicted molar refractivity (Wildman–Crippen MR) is 56.8 cm³/mol. The van der Waals surface area contributed by atoms with E-state index in [1.807, 2.05) is 6.92 Å². The van der Waals surface area contributed by atoms with Crippen LogP contribution in [0.3, 0.4) is 0 Å². The van der Waals surface area contributed by atoms with Gasteiger partial charge >= 0.3 is 0 Å². The largest absolute Gasteiger partial charge is 0.358 e. The summed E-state index contributed by atoms with van der Waals surface area (Å²) in [6.07, 6.45) is 1.47. The number of rotatable bonds is 4. The monoisotopic (exact) mass is 229 g/mol. The van der Waals surface area contributed by atoms with Crippen molar-refractivity contribution < 1.29 is 4.79 Å². The average Bonchev–Trinajstić information content (AvgIpc) is 2.25. The predicted octanol–water partition coefficient (Wildman–Crippen LogP) is 0.0973. The summed E-state index contributed by atoms with van der Waals surface area (Å²) in [5.41, 5.74) is 0. The SMILES string of the molecule is CCN(CC(=O)NC)c1cnnc(Cl)n1. The van der Waals surface area contributed by atoms with Gasteiger partial charge in [0.15, 0.2) is 5.82 Å². The Kier molecular flexibility index (Phi) is 4.23. The van der Waals surface area contributed by atoms with Crippen LogP contribution in [0.5, 0.6) is 0 Å². The molecule has 1 heterocycles. The summed E-state index contributed by atoms with van der Waals surface area (Å²) in [6, 6.07) is 0. The van der Waals surface area contributed by atoms with Crippen molar-refractivity contribution in [1.29, 1.82) is 0 Å². The van der Waals surface area contributed by atoms with Crippen molar-refractivity contribution in [2.24, 2.45) is 0 Å². The first-order valence-electron chi connectivity index (χ1n) is 4.48. The molecule has 0 unspecified atom stereocenters. The standard InChI is InChI=1S/C8H12ClN5O/c1-3-14(5-7(15)10-2)6-4-11-13-8(9)12-6/h4H,3,5H2,1-2H3,(H,10,15). The number of likely N-dealkylation sites (N-methyl/N-ethyl adjacent to an activating group) is 2. The molecule has 0 radical (unpaired) electrons. The number of nitrogens with one attached hydrogen (secondary N) is 1. The lowest BCUT2D eigenvalue weighted by Crippen LogP contribution is -2.36. The summed E-state index contributed by atoms with van der Waals surface area (Å²) < 4.78 is 0. The van der Waals surface area contributed by atoms with E-state index >= 15 is 0 Å². The molecule has 6 nitrogen and oxygen atoms in total. The number of hydrogen-bond acceptors (Lipinski definition) is 5. The smallest absolute Gasteiger partial charge is 0.244 e. The molecule has 0 bridgehead atoms. The van der Waals surface area contributed by atoms with Crippen LogP contribution in [0.2, 0.25) is 5.28 Å². The number of aromatic nitrogens is 3. The molecule has 0 fully saturated rings. The van der Waals surface area contributed by atoms with E-state index in [4.69, 9.17) is 11.6 Å². The van der Waals surface area contributed by atoms with Crippen LogP contribution in [-0.4, -0.2) is 41.2 Å². The van der Waals surface area contributed by atoms with E-state index in [2.05, 4.69) is 20.5 Å². The van der Waals surface area contributed by atoms with E-state index in [1.165, 1.54) is 6.20 Å². The van der Waals surface area contributed by atoms with Crippen LogP contribution in [-0.2, 0) is 4.79 Å². The lowest BCUT2D eigenvalue weighted by molar-refractivity contribution is -0.119. The van der Waals surface area contributed by atoms with E-state index in [1.54, 1.807) is 11.9 Å². The summed E-state index contributed by atoms with van der Waals surface area (Å²) in [5, 5.41) is 9.81. The van der Waals surface area contributed by atoms with Crippen LogP contribution in [0, 0.1) is 0 Å². The van der Waals surface area contributed by atoms with Crippen LogP contribution in [0.1, 0.15) is 6.92 Å². The molecule has 1 N–H and O–H groups in total. The van der Waals surface area contributed by atoms with Crippen molar-refractivity contribution in [1.82, 2.24) is 20.5 Å². The third-order valence-corrected chi connectivity index (χ3v) is 2.00. The number of anilines is 1. The number of amides is 1. The fourth-order valence-electron chi connectivity index (χ4n) is 1.03. The van der Waals surface area contributed by atoms with Crippen LogP contribution < -0.4 is 10.2 Å². The van der Waals surface area contributed by atoms with Gasteiger partial charge in [-0.15, -0.1) is 5.10 Å². The molecule has 0 saturated heterocycles. The quantitative estimate of drug-likeness (QED) is 0.793. The van der Waals surface area contributed by atoms with E-state index in [9.17, 15) is 4.79 Å². The molecule has 7 heteroatoms. The Morgan fingerprint density at radius 2 is 2.40 bits per heavy atom. The zero-order chi connectivity index (χ0) is 11.3. The third-order valence-electron chi connectivity index (χ3n) is 1.84. The van der Waals surface area contributed by atoms with Crippen molar-refractivity contribution in [2.45, 2.75) is 6.92 Å². The minimum Gasteiger partial charge on any atom is -0.358 e. The molecule has 0 aliphatic rings. The van der Waals surface area contributed by atoms with Crippen molar-refractivity contribution >= 4 is 23.3 Å². The molecule has 0 aliphatic heterocycles. The Morgan fingerprint density at radius 1 is 1.67 bits per heavy atom. The summed E-state index contributed by atoms with van der Waals surface area (Å²) in [5.74, 6) is 0.452. The van der Waals surface area contributed by atoms with Gasteiger partial charge in [0.05, 0.1) is 12.7 Å². The highest BCUT2D eigenvalue weighted by atomic mass is 35.5. The van der Waals surface area contributed by atoms with Gasteiger partial charge in [0.2, 0.25) is 11.2 Å². The van der Waals surface area contributed by atoms with Crippen LogP contribution in [0.25, 0.3) is 0 Å². The van der Waals surface area contributed by atoms with Gasteiger partial charge in [-0.3, -0.25) is 4.79 Å². The Morgan fingerprint density at radius 3 is 2.93 bits per heavy atom. The number of halogens is 1. The molecular weight excluding hydrogens is 218 g/mol. The lowest BCUT2D eigenvalue weighted by atomic mass is 10.4. The van der Waals surface area contributed by atoms with E-state index in [-0.39, 0.29) is 17.7 Å². The molecule has 1 amide bonds. The van der Waals surface area contributed by atoms with Crippen LogP contribution in [0.15, 0.2) is 6.20 Å². The van der Waals surface area contributed by atoms with Gasteiger partial charge in [-0.25, -0.2) is 0 Å². The number of hydrogen-bond donors (Lipinski definition) is 1. The van der Waals surface area contributed by atoms with Gasteiger partial charge in [0.1, 0.15) is 0 Å². The minimum atomic E-state index is -0.0911.